The summed E-state index contributed by atoms with van der Waals surface area (Å²) in [5.41, 5.74) is -1.09. The number of Topliss-reactive ketones (excluding diaryl/α,β-unsaturated/α-hetero) is 2. The Bertz CT molecular complexity index is 527. The van der Waals surface area contributed by atoms with Crippen molar-refractivity contribution < 1.29 is 24.9 Å². The number of ketones is 2. The molecule has 0 aliphatic heterocycles. The number of carbonyl (C=O) groups excluding carboxylic acids is 2. The van der Waals surface area contributed by atoms with Gasteiger partial charge < -0.3 is 15.3 Å². The maximum Gasteiger partial charge on any atom is 0.158 e. The van der Waals surface area contributed by atoms with Gasteiger partial charge in [-0.15, -0.1) is 0 Å². The maximum atomic E-state index is 12.3. The minimum Gasteiger partial charge on any atom is -0.392 e. The second-order valence-corrected chi connectivity index (χ2v) is 8.08. The SMILES string of the molecule is C=CC(O)(/C=C/[C@H]1[C@H](O)CC(=O)[C@@H]1CCCCCCC(=O)CO)CCCCC. The fraction of sp³-hybridized carbons (Fsp3) is 0.739. The van der Waals surface area contributed by atoms with Crippen molar-refractivity contribution in [1.29, 1.82) is 0 Å². The van der Waals surface area contributed by atoms with Gasteiger partial charge in [0.15, 0.2) is 5.78 Å². The predicted molar refractivity (Wildman–Crippen MR) is 111 cm³/mol. The first kappa shape index (κ1) is 24.7. The summed E-state index contributed by atoms with van der Waals surface area (Å²) in [6.07, 6.45) is 12.7. The first-order valence-electron chi connectivity index (χ1n) is 10.8. The lowest BCUT2D eigenvalue weighted by Crippen LogP contribution is -2.25. The van der Waals surface area contributed by atoms with E-state index in [9.17, 15) is 19.8 Å². The molecule has 1 rings (SSSR count). The molecule has 3 N–H and O–H groups in total. The molecular formula is C23H38O5. The van der Waals surface area contributed by atoms with Crippen LogP contribution < -0.4 is 0 Å². The highest BCUT2D eigenvalue weighted by molar-refractivity contribution is 5.84. The summed E-state index contributed by atoms with van der Waals surface area (Å²) >= 11 is 0. The lowest BCUT2D eigenvalue weighted by molar-refractivity contribution is -0.122. The summed E-state index contributed by atoms with van der Waals surface area (Å²) in [5, 5.41) is 29.7. The highest BCUT2D eigenvalue weighted by Gasteiger charge is 2.39. The molecule has 0 radical (unpaired) electrons. The van der Waals surface area contributed by atoms with E-state index in [4.69, 9.17) is 5.11 Å². The third kappa shape index (κ3) is 8.38. The van der Waals surface area contributed by atoms with Gasteiger partial charge in [0.25, 0.3) is 0 Å². The number of hydrogen-bond donors (Lipinski definition) is 3. The molecule has 0 amide bonds. The third-order valence-corrected chi connectivity index (χ3v) is 5.77. The standard InChI is InChI=1S/C23H38O5/c1-3-5-10-14-23(28,4-2)15-13-20-19(21(26)16-22(20)27)12-9-7-6-8-11-18(25)17-24/h4,13,15,19-20,22,24,27-28H,2-3,5-12,14,16-17H2,1H3/b15-13+/t19-,20-,22-,23?/m1/s1. The Labute approximate surface area is 169 Å². The van der Waals surface area contributed by atoms with Gasteiger partial charge in [0.05, 0.1) is 6.10 Å². The molecule has 0 saturated heterocycles. The Morgan fingerprint density at radius 3 is 2.57 bits per heavy atom. The zero-order valence-corrected chi connectivity index (χ0v) is 17.3. The maximum absolute atomic E-state index is 12.3. The molecule has 4 atom stereocenters. The van der Waals surface area contributed by atoms with Gasteiger partial charge in [-0.3, -0.25) is 9.59 Å². The monoisotopic (exact) mass is 394 g/mol. The van der Waals surface area contributed by atoms with Gasteiger partial charge in [0.2, 0.25) is 0 Å². The topological polar surface area (TPSA) is 94.8 Å². The number of rotatable bonds is 15. The van der Waals surface area contributed by atoms with E-state index in [1.807, 2.05) is 6.08 Å². The third-order valence-electron chi connectivity index (χ3n) is 5.77. The smallest absolute Gasteiger partial charge is 0.158 e. The van der Waals surface area contributed by atoms with Crippen LogP contribution in [0.25, 0.3) is 0 Å². The first-order chi connectivity index (χ1) is 13.4. The molecule has 5 heteroatoms. The predicted octanol–water partition coefficient (Wildman–Crippen LogP) is 3.51. The van der Waals surface area contributed by atoms with Crippen molar-refractivity contribution in [2.75, 3.05) is 6.61 Å². The molecule has 1 unspecified atom stereocenters. The lowest BCUT2D eigenvalue weighted by Gasteiger charge is -2.23. The summed E-state index contributed by atoms with van der Waals surface area (Å²) in [6.45, 7) is 5.45. The highest BCUT2D eigenvalue weighted by Crippen LogP contribution is 2.35. The van der Waals surface area contributed by atoms with Crippen LogP contribution in [0, 0.1) is 11.8 Å². The van der Waals surface area contributed by atoms with Crippen molar-refractivity contribution >= 4 is 11.6 Å². The Morgan fingerprint density at radius 1 is 1.21 bits per heavy atom. The van der Waals surface area contributed by atoms with Crippen molar-refractivity contribution in [1.82, 2.24) is 0 Å². The number of aliphatic hydroxyl groups excluding tert-OH is 2. The molecule has 0 bridgehead atoms. The van der Waals surface area contributed by atoms with E-state index in [-0.39, 0.29) is 29.8 Å². The molecule has 28 heavy (non-hydrogen) atoms. The van der Waals surface area contributed by atoms with E-state index >= 15 is 0 Å². The number of unbranched alkanes of at least 4 members (excludes halogenated alkanes) is 5. The lowest BCUT2D eigenvalue weighted by atomic mass is 9.86. The molecule has 0 heterocycles. The summed E-state index contributed by atoms with van der Waals surface area (Å²) in [6, 6.07) is 0. The number of carbonyl (C=O) groups is 2. The molecule has 160 valence electrons. The Kier molecular flexibility index (Phi) is 11.5. The fourth-order valence-electron chi connectivity index (χ4n) is 3.90. The molecular weight excluding hydrogens is 356 g/mol. The van der Waals surface area contributed by atoms with Gasteiger partial charge in [-0.2, -0.15) is 0 Å². The van der Waals surface area contributed by atoms with Crippen LogP contribution in [0.2, 0.25) is 0 Å². The van der Waals surface area contributed by atoms with Gasteiger partial charge in [-0.05, 0) is 25.7 Å². The van der Waals surface area contributed by atoms with Gasteiger partial charge in [-0.1, -0.05) is 63.8 Å². The highest BCUT2D eigenvalue weighted by atomic mass is 16.3. The second-order valence-electron chi connectivity index (χ2n) is 8.08. The molecule has 0 aromatic heterocycles. The molecule has 1 aliphatic rings. The molecule has 0 spiro atoms. The van der Waals surface area contributed by atoms with Crippen LogP contribution in [-0.2, 0) is 9.59 Å². The van der Waals surface area contributed by atoms with Crippen molar-refractivity contribution in [2.24, 2.45) is 11.8 Å². The average Bonchev–Trinajstić information content (AvgIpc) is 2.95. The van der Waals surface area contributed by atoms with Crippen LogP contribution in [0.1, 0.15) is 77.6 Å². The summed E-state index contributed by atoms with van der Waals surface area (Å²) < 4.78 is 0. The van der Waals surface area contributed by atoms with E-state index in [0.717, 1.165) is 44.9 Å². The normalized spacial score (nSPS) is 24.6. The molecule has 1 saturated carbocycles. The van der Waals surface area contributed by atoms with Crippen molar-refractivity contribution in [3.8, 4) is 0 Å². The summed E-state index contributed by atoms with van der Waals surface area (Å²) in [4.78, 5) is 23.4. The van der Waals surface area contributed by atoms with Crippen LogP contribution in [0.5, 0.6) is 0 Å². The summed E-state index contributed by atoms with van der Waals surface area (Å²) in [5.74, 6) is -0.519. The van der Waals surface area contributed by atoms with Crippen LogP contribution in [-0.4, -0.2) is 45.2 Å². The zero-order valence-electron chi connectivity index (χ0n) is 17.3. The van der Waals surface area contributed by atoms with Gasteiger partial charge in [0.1, 0.15) is 18.0 Å². The van der Waals surface area contributed by atoms with Crippen LogP contribution in [0.3, 0.4) is 0 Å². The van der Waals surface area contributed by atoms with Gasteiger partial charge in [-0.25, -0.2) is 0 Å². The van der Waals surface area contributed by atoms with E-state index in [2.05, 4.69) is 13.5 Å². The quantitative estimate of drug-likeness (QED) is 0.292. The van der Waals surface area contributed by atoms with Crippen molar-refractivity contribution in [2.45, 2.75) is 89.3 Å². The zero-order chi connectivity index (χ0) is 21.0. The van der Waals surface area contributed by atoms with Crippen molar-refractivity contribution in [3.63, 3.8) is 0 Å². The van der Waals surface area contributed by atoms with Gasteiger partial charge >= 0.3 is 0 Å². The molecule has 1 fully saturated rings. The Hall–Kier alpha value is -1.30. The first-order valence-corrected chi connectivity index (χ1v) is 10.8. The summed E-state index contributed by atoms with van der Waals surface area (Å²) in [7, 11) is 0. The fourth-order valence-corrected chi connectivity index (χ4v) is 3.90. The number of hydrogen-bond acceptors (Lipinski definition) is 5. The second kappa shape index (κ2) is 13.0. The van der Waals surface area contributed by atoms with E-state index in [1.165, 1.54) is 6.08 Å². The molecule has 1 aliphatic carbocycles. The molecule has 0 aromatic carbocycles. The minimum absolute atomic E-state index is 0.0886. The Morgan fingerprint density at radius 2 is 1.93 bits per heavy atom. The van der Waals surface area contributed by atoms with Crippen molar-refractivity contribution in [3.05, 3.63) is 24.8 Å². The largest absolute Gasteiger partial charge is 0.392 e. The van der Waals surface area contributed by atoms with E-state index in [1.54, 1.807) is 6.08 Å². The van der Waals surface area contributed by atoms with Crippen LogP contribution in [0.15, 0.2) is 24.8 Å². The average molecular weight is 395 g/mol. The van der Waals surface area contributed by atoms with E-state index in [0.29, 0.717) is 19.3 Å². The van der Waals surface area contributed by atoms with Crippen LogP contribution >= 0.6 is 0 Å². The molecule has 5 nitrogen and oxygen atoms in total. The van der Waals surface area contributed by atoms with Gasteiger partial charge in [0, 0.05) is 24.7 Å². The van der Waals surface area contributed by atoms with E-state index < -0.39 is 18.3 Å². The number of aliphatic hydroxyl groups is 3. The Balaban J connectivity index is 2.54. The molecule has 0 aromatic rings. The van der Waals surface area contributed by atoms with Crippen LogP contribution in [0.4, 0.5) is 0 Å². The minimum atomic E-state index is -1.09.